The standard InChI is InChI=1S/C37H30NO4P/c1-3-24-40-31-22-18-29(19-23-31)37(2,43(39)36-15-9-6-12-33(36)32-11-5-8-14-35(32)42-43)28-16-20-30(21-17-28)38-25-27-10-4-7-13-34(27)41-26-38/h1,4-23H,24-26H2,2H3. The third-order valence-corrected chi connectivity index (χ3v) is 11.6. The first kappa shape index (κ1) is 27.0. The van der Waals surface area contributed by atoms with Crippen molar-refractivity contribution < 1.29 is 18.6 Å². The molecule has 43 heavy (non-hydrogen) atoms. The first-order chi connectivity index (χ1) is 21.0. The third kappa shape index (κ3) is 4.47. The van der Waals surface area contributed by atoms with E-state index in [0.29, 0.717) is 23.5 Å². The van der Waals surface area contributed by atoms with Crippen molar-refractivity contribution in [3.63, 3.8) is 0 Å². The van der Waals surface area contributed by atoms with E-state index in [1.165, 1.54) is 0 Å². The summed E-state index contributed by atoms with van der Waals surface area (Å²) in [6.07, 6.45) is 5.40. The average Bonchev–Trinajstić information content (AvgIpc) is 3.07. The lowest BCUT2D eigenvalue weighted by atomic mass is 9.91. The number of para-hydroxylation sites is 2. The minimum absolute atomic E-state index is 0.175. The number of fused-ring (bicyclic) bond motifs is 4. The molecule has 2 aliphatic rings. The Morgan fingerprint density at radius 3 is 2.19 bits per heavy atom. The van der Waals surface area contributed by atoms with Gasteiger partial charge in [0.25, 0.3) is 7.37 Å². The number of rotatable bonds is 6. The molecular weight excluding hydrogens is 553 g/mol. The summed E-state index contributed by atoms with van der Waals surface area (Å²) in [6, 6.07) is 39.7. The molecule has 0 amide bonds. The molecule has 0 N–H and O–H groups in total. The molecule has 0 radical (unpaired) electrons. The van der Waals surface area contributed by atoms with Gasteiger partial charge in [-0.3, -0.25) is 4.57 Å². The molecule has 2 aliphatic heterocycles. The molecule has 5 nitrogen and oxygen atoms in total. The van der Waals surface area contributed by atoms with Gasteiger partial charge in [0.2, 0.25) is 0 Å². The van der Waals surface area contributed by atoms with E-state index in [2.05, 4.69) is 41.2 Å². The Labute approximate surface area is 252 Å². The van der Waals surface area contributed by atoms with Gasteiger partial charge in [0.05, 0.1) is 5.30 Å². The van der Waals surface area contributed by atoms with Crippen molar-refractivity contribution in [2.75, 3.05) is 18.2 Å². The number of anilines is 1. The molecule has 2 atom stereocenters. The fourth-order valence-corrected chi connectivity index (χ4v) is 9.06. The number of hydrogen-bond acceptors (Lipinski definition) is 5. The summed E-state index contributed by atoms with van der Waals surface area (Å²) in [4.78, 5) is 2.19. The van der Waals surface area contributed by atoms with Crippen LogP contribution in [-0.2, 0) is 16.3 Å². The molecule has 212 valence electrons. The lowest BCUT2D eigenvalue weighted by Gasteiger charge is -2.41. The maximum Gasteiger partial charge on any atom is 0.292 e. The lowest BCUT2D eigenvalue weighted by molar-refractivity contribution is 0.289. The SMILES string of the molecule is C#CCOc1ccc(C(C)(c2ccc(N3COc4ccccc4C3)cc2)P2(=O)Oc3ccccc3-c3ccccc32)cc1. The van der Waals surface area contributed by atoms with E-state index in [9.17, 15) is 0 Å². The number of terminal acetylenes is 1. The van der Waals surface area contributed by atoms with E-state index in [4.69, 9.17) is 20.4 Å². The quantitative estimate of drug-likeness (QED) is 0.150. The molecule has 0 bridgehead atoms. The van der Waals surface area contributed by atoms with Crippen molar-refractivity contribution in [2.24, 2.45) is 0 Å². The number of hydrogen-bond donors (Lipinski definition) is 0. The van der Waals surface area contributed by atoms with Gasteiger partial charge in [-0.25, -0.2) is 0 Å². The van der Waals surface area contributed by atoms with Gasteiger partial charge in [0.1, 0.15) is 29.0 Å². The Hall–Kier alpha value is -4.91. The predicted molar refractivity (Wildman–Crippen MR) is 172 cm³/mol. The summed E-state index contributed by atoms with van der Waals surface area (Å²) in [6.45, 7) is 3.40. The Balaban J connectivity index is 1.35. The maximum atomic E-state index is 15.7. The zero-order chi connectivity index (χ0) is 29.4. The molecule has 0 aromatic heterocycles. The second-order valence-electron chi connectivity index (χ2n) is 10.9. The normalized spacial score (nSPS) is 18.0. The molecule has 7 rings (SSSR count). The van der Waals surface area contributed by atoms with Crippen molar-refractivity contribution in [1.29, 1.82) is 0 Å². The van der Waals surface area contributed by atoms with E-state index in [-0.39, 0.29) is 6.61 Å². The van der Waals surface area contributed by atoms with Crippen LogP contribution in [0.2, 0.25) is 0 Å². The highest BCUT2D eigenvalue weighted by atomic mass is 31.2. The first-order valence-electron chi connectivity index (χ1n) is 14.2. The van der Waals surface area contributed by atoms with Gasteiger partial charge in [0, 0.05) is 23.4 Å². The summed E-state index contributed by atoms with van der Waals surface area (Å²) in [5.41, 5.74) is 5.75. The van der Waals surface area contributed by atoms with Crippen molar-refractivity contribution in [1.82, 2.24) is 0 Å². The molecule has 0 aliphatic carbocycles. The molecule has 0 fully saturated rings. The van der Waals surface area contributed by atoms with E-state index >= 15 is 4.57 Å². The van der Waals surface area contributed by atoms with Crippen LogP contribution in [0.4, 0.5) is 5.69 Å². The second-order valence-corrected chi connectivity index (χ2v) is 13.5. The van der Waals surface area contributed by atoms with Crippen LogP contribution in [0.1, 0.15) is 23.6 Å². The number of benzene rings is 5. The zero-order valence-corrected chi connectivity index (χ0v) is 24.7. The van der Waals surface area contributed by atoms with Gasteiger partial charge in [-0.05, 0) is 66.1 Å². The van der Waals surface area contributed by atoms with Crippen LogP contribution >= 0.6 is 7.37 Å². The Bertz CT molecular complexity index is 1890. The second kappa shape index (κ2) is 10.7. The monoisotopic (exact) mass is 583 g/mol. The van der Waals surface area contributed by atoms with Gasteiger partial charge < -0.3 is 18.9 Å². The van der Waals surface area contributed by atoms with Gasteiger partial charge >= 0.3 is 0 Å². The number of ether oxygens (including phenoxy) is 2. The molecule has 5 aromatic rings. The summed E-state index contributed by atoms with van der Waals surface area (Å²) < 4.78 is 34.1. The summed E-state index contributed by atoms with van der Waals surface area (Å²) in [5.74, 6) is 4.69. The molecular formula is C37H30NO4P. The largest absolute Gasteiger partial charge is 0.481 e. The molecule has 0 saturated carbocycles. The highest BCUT2D eigenvalue weighted by Gasteiger charge is 2.53. The van der Waals surface area contributed by atoms with E-state index in [1.807, 2.05) is 97.9 Å². The van der Waals surface area contributed by atoms with Crippen LogP contribution in [0.15, 0.2) is 121 Å². The highest BCUT2D eigenvalue weighted by molar-refractivity contribution is 7.69. The summed E-state index contributed by atoms with van der Waals surface area (Å²) in [7, 11) is -3.64. The van der Waals surface area contributed by atoms with Crippen LogP contribution in [0.25, 0.3) is 11.1 Å². The first-order valence-corrected chi connectivity index (χ1v) is 15.9. The predicted octanol–water partition coefficient (Wildman–Crippen LogP) is 7.98. The lowest BCUT2D eigenvalue weighted by Crippen LogP contribution is -2.35. The van der Waals surface area contributed by atoms with Crippen molar-refractivity contribution in [3.05, 3.63) is 138 Å². The van der Waals surface area contributed by atoms with Gasteiger partial charge in [0.15, 0.2) is 6.73 Å². The fourth-order valence-electron chi connectivity index (χ4n) is 6.09. The van der Waals surface area contributed by atoms with E-state index in [1.54, 1.807) is 0 Å². The van der Waals surface area contributed by atoms with Gasteiger partial charge in [-0.1, -0.05) is 84.8 Å². The van der Waals surface area contributed by atoms with Crippen LogP contribution in [0.3, 0.4) is 0 Å². The smallest absolute Gasteiger partial charge is 0.292 e. The maximum absolute atomic E-state index is 15.7. The zero-order valence-electron chi connectivity index (χ0n) is 23.8. The van der Waals surface area contributed by atoms with Crippen molar-refractivity contribution >= 4 is 18.4 Å². The average molecular weight is 584 g/mol. The molecule has 0 spiro atoms. The molecule has 2 unspecified atom stereocenters. The van der Waals surface area contributed by atoms with Crippen LogP contribution in [0.5, 0.6) is 17.2 Å². The molecule has 2 heterocycles. The van der Waals surface area contributed by atoms with Gasteiger partial charge in [-0.15, -0.1) is 6.42 Å². The summed E-state index contributed by atoms with van der Waals surface area (Å²) >= 11 is 0. The topological polar surface area (TPSA) is 48.0 Å². The van der Waals surface area contributed by atoms with Crippen LogP contribution < -0.4 is 24.2 Å². The van der Waals surface area contributed by atoms with Crippen molar-refractivity contribution in [2.45, 2.75) is 18.6 Å². The van der Waals surface area contributed by atoms with Crippen molar-refractivity contribution in [3.8, 4) is 40.7 Å². The third-order valence-electron chi connectivity index (χ3n) is 8.46. The molecule has 5 aromatic carbocycles. The van der Waals surface area contributed by atoms with Crippen LogP contribution in [0, 0.1) is 12.3 Å². The Morgan fingerprint density at radius 1 is 0.814 bits per heavy atom. The molecule has 0 saturated heterocycles. The Kier molecular flexibility index (Phi) is 6.73. The van der Waals surface area contributed by atoms with E-state index < -0.39 is 12.5 Å². The minimum atomic E-state index is -3.64. The van der Waals surface area contributed by atoms with Crippen LogP contribution in [-0.4, -0.2) is 13.3 Å². The number of nitrogens with zero attached hydrogens (tertiary/aromatic N) is 1. The van der Waals surface area contributed by atoms with Gasteiger partial charge in [-0.2, -0.15) is 0 Å². The highest BCUT2D eigenvalue weighted by Crippen LogP contribution is 2.69. The minimum Gasteiger partial charge on any atom is -0.481 e. The molecule has 6 heteroatoms. The van der Waals surface area contributed by atoms with E-state index in [0.717, 1.165) is 45.8 Å². The fraction of sp³-hybridized carbons (Fsp3) is 0.135. The Morgan fingerprint density at radius 2 is 1.44 bits per heavy atom. The summed E-state index contributed by atoms with van der Waals surface area (Å²) in [5, 5.41) is -0.334.